The van der Waals surface area contributed by atoms with Crippen LogP contribution in [0.4, 0.5) is 0 Å². The monoisotopic (exact) mass is 362 g/mol. The third-order valence-electron chi connectivity index (χ3n) is 4.23. The summed E-state index contributed by atoms with van der Waals surface area (Å²) in [5, 5.41) is 4.40. The van der Waals surface area contributed by atoms with Crippen LogP contribution in [0.5, 0.6) is 0 Å². The van der Waals surface area contributed by atoms with Gasteiger partial charge in [0.2, 0.25) is 17.7 Å². The van der Waals surface area contributed by atoms with Gasteiger partial charge in [-0.3, -0.25) is 9.59 Å². The first-order valence-electron chi connectivity index (χ1n) is 8.12. The first-order chi connectivity index (χ1) is 12.0. The highest BCUT2D eigenvalue weighted by Crippen LogP contribution is 2.21. The molecule has 7 nitrogen and oxygen atoms in total. The standard InChI is InChI=1S/C17H19ClN4O3/c1-3-14-19-15(25-20-14)9-22-11(2)17(24)21(10-16(22)23)8-12-6-4-5-7-13(12)18/h4-7,11H,3,8-10H2,1-2H3/t11-/m0/s1. The van der Waals surface area contributed by atoms with Gasteiger partial charge in [0, 0.05) is 18.0 Å². The van der Waals surface area contributed by atoms with Crippen molar-refractivity contribution >= 4 is 23.4 Å². The highest BCUT2D eigenvalue weighted by molar-refractivity contribution is 6.31. The quantitative estimate of drug-likeness (QED) is 0.813. The molecule has 2 aromatic rings. The second-order valence-corrected chi connectivity index (χ2v) is 6.35. The Morgan fingerprint density at radius 2 is 2.04 bits per heavy atom. The van der Waals surface area contributed by atoms with Gasteiger partial charge < -0.3 is 14.3 Å². The number of piperazine rings is 1. The number of benzene rings is 1. The molecule has 0 radical (unpaired) electrons. The Balaban J connectivity index is 1.72. The zero-order chi connectivity index (χ0) is 18.0. The molecule has 1 atom stereocenters. The van der Waals surface area contributed by atoms with E-state index in [2.05, 4.69) is 10.1 Å². The Bertz CT molecular complexity index is 792. The van der Waals surface area contributed by atoms with E-state index in [4.69, 9.17) is 16.1 Å². The number of carbonyl (C=O) groups excluding carboxylic acids is 2. The number of halogens is 1. The molecule has 1 aliphatic heterocycles. The van der Waals surface area contributed by atoms with E-state index >= 15 is 0 Å². The highest BCUT2D eigenvalue weighted by Gasteiger charge is 2.37. The van der Waals surface area contributed by atoms with Crippen LogP contribution in [0.15, 0.2) is 28.8 Å². The lowest BCUT2D eigenvalue weighted by molar-refractivity contribution is -0.156. The second-order valence-electron chi connectivity index (χ2n) is 5.94. The molecular weight excluding hydrogens is 344 g/mol. The van der Waals surface area contributed by atoms with Gasteiger partial charge >= 0.3 is 0 Å². The summed E-state index contributed by atoms with van der Waals surface area (Å²) >= 11 is 6.16. The first kappa shape index (κ1) is 17.4. The number of nitrogens with zero attached hydrogens (tertiary/aromatic N) is 4. The van der Waals surface area contributed by atoms with Crippen molar-refractivity contribution in [3.05, 3.63) is 46.6 Å². The van der Waals surface area contributed by atoms with Gasteiger partial charge in [-0.15, -0.1) is 0 Å². The molecule has 0 unspecified atom stereocenters. The van der Waals surface area contributed by atoms with E-state index in [0.29, 0.717) is 29.7 Å². The van der Waals surface area contributed by atoms with Crippen LogP contribution in [0.2, 0.25) is 5.02 Å². The number of hydrogen-bond acceptors (Lipinski definition) is 5. The molecule has 2 amide bonds. The van der Waals surface area contributed by atoms with Crippen molar-refractivity contribution in [3.63, 3.8) is 0 Å². The molecule has 0 saturated carbocycles. The first-order valence-corrected chi connectivity index (χ1v) is 8.50. The number of carbonyl (C=O) groups is 2. The molecule has 2 heterocycles. The fourth-order valence-corrected chi connectivity index (χ4v) is 2.98. The summed E-state index contributed by atoms with van der Waals surface area (Å²) in [4.78, 5) is 32.4. The molecule has 0 aliphatic carbocycles. The van der Waals surface area contributed by atoms with Gasteiger partial charge in [-0.1, -0.05) is 41.9 Å². The number of amides is 2. The van der Waals surface area contributed by atoms with Gasteiger partial charge in [-0.2, -0.15) is 4.98 Å². The third kappa shape index (κ3) is 3.66. The molecule has 25 heavy (non-hydrogen) atoms. The number of hydrogen-bond donors (Lipinski definition) is 0. The maximum absolute atomic E-state index is 12.7. The van der Waals surface area contributed by atoms with Crippen molar-refractivity contribution in [2.24, 2.45) is 0 Å². The smallest absolute Gasteiger partial charge is 0.246 e. The van der Waals surface area contributed by atoms with Crippen molar-refractivity contribution in [3.8, 4) is 0 Å². The van der Waals surface area contributed by atoms with Crippen LogP contribution >= 0.6 is 11.6 Å². The lowest BCUT2D eigenvalue weighted by Crippen LogP contribution is -2.58. The second kappa shape index (κ2) is 7.23. The molecule has 8 heteroatoms. The summed E-state index contributed by atoms with van der Waals surface area (Å²) in [6.45, 7) is 4.07. The zero-order valence-electron chi connectivity index (χ0n) is 14.1. The number of aromatic nitrogens is 2. The van der Waals surface area contributed by atoms with Crippen LogP contribution in [-0.2, 0) is 29.1 Å². The SMILES string of the molecule is CCc1noc(CN2C(=O)CN(Cc3ccccc3Cl)C(=O)[C@@H]2C)n1. The molecule has 3 rings (SSSR count). The minimum atomic E-state index is -0.597. The molecule has 1 aliphatic rings. The average Bonchev–Trinajstić information content (AvgIpc) is 3.06. The van der Waals surface area contributed by atoms with Gasteiger partial charge in [-0.05, 0) is 18.6 Å². The van der Waals surface area contributed by atoms with Crippen LogP contribution in [0.3, 0.4) is 0 Å². The fourth-order valence-electron chi connectivity index (χ4n) is 2.78. The predicted octanol–water partition coefficient (Wildman–Crippen LogP) is 2.04. The maximum Gasteiger partial charge on any atom is 0.246 e. The summed E-state index contributed by atoms with van der Waals surface area (Å²) in [6.07, 6.45) is 0.650. The van der Waals surface area contributed by atoms with Crippen molar-refractivity contribution in [1.29, 1.82) is 0 Å². The molecule has 0 spiro atoms. The summed E-state index contributed by atoms with van der Waals surface area (Å²) in [7, 11) is 0. The van der Waals surface area contributed by atoms with E-state index in [1.807, 2.05) is 25.1 Å². The lowest BCUT2D eigenvalue weighted by Gasteiger charge is -2.38. The minimum absolute atomic E-state index is 0.00314. The fraction of sp³-hybridized carbons (Fsp3) is 0.412. The Morgan fingerprint density at radius 1 is 1.28 bits per heavy atom. The van der Waals surface area contributed by atoms with E-state index < -0.39 is 6.04 Å². The van der Waals surface area contributed by atoms with Crippen molar-refractivity contribution in [1.82, 2.24) is 19.9 Å². The van der Waals surface area contributed by atoms with Gasteiger partial charge in [0.25, 0.3) is 0 Å². The Kier molecular flexibility index (Phi) is 5.03. The Labute approximate surface area is 150 Å². The molecule has 1 aromatic carbocycles. The van der Waals surface area contributed by atoms with Gasteiger partial charge in [0.05, 0.1) is 0 Å². The van der Waals surface area contributed by atoms with E-state index in [9.17, 15) is 9.59 Å². The predicted molar refractivity (Wildman–Crippen MR) is 90.6 cm³/mol. The van der Waals surface area contributed by atoms with Crippen LogP contribution < -0.4 is 0 Å². The van der Waals surface area contributed by atoms with Gasteiger partial charge in [0.15, 0.2) is 5.82 Å². The van der Waals surface area contributed by atoms with E-state index in [1.54, 1.807) is 13.0 Å². The molecule has 1 aromatic heterocycles. The molecule has 132 valence electrons. The van der Waals surface area contributed by atoms with E-state index in [-0.39, 0.29) is 24.9 Å². The van der Waals surface area contributed by atoms with Crippen LogP contribution in [0.25, 0.3) is 0 Å². The lowest BCUT2D eigenvalue weighted by atomic mass is 10.1. The van der Waals surface area contributed by atoms with Crippen molar-refractivity contribution in [2.45, 2.75) is 39.4 Å². The highest BCUT2D eigenvalue weighted by atomic mass is 35.5. The summed E-state index contributed by atoms with van der Waals surface area (Å²) in [6, 6.07) is 6.70. The Hall–Kier alpha value is -2.41. The van der Waals surface area contributed by atoms with E-state index in [1.165, 1.54) is 9.80 Å². The molecule has 1 saturated heterocycles. The average molecular weight is 363 g/mol. The normalized spacial score (nSPS) is 18.1. The summed E-state index contributed by atoms with van der Waals surface area (Å²) in [5.74, 6) is 0.633. The third-order valence-corrected chi connectivity index (χ3v) is 4.60. The van der Waals surface area contributed by atoms with Crippen LogP contribution in [0, 0.1) is 0 Å². The molecule has 0 N–H and O–H groups in total. The molecule has 1 fully saturated rings. The number of rotatable bonds is 5. The molecular formula is C17H19ClN4O3. The van der Waals surface area contributed by atoms with E-state index in [0.717, 1.165) is 5.56 Å². The minimum Gasteiger partial charge on any atom is -0.337 e. The maximum atomic E-state index is 12.7. The molecule has 0 bridgehead atoms. The Morgan fingerprint density at radius 3 is 2.72 bits per heavy atom. The van der Waals surface area contributed by atoms with Crippen LogP contribution in [-0.4, -0.2) is 44.3 Å². The zero-order valence-corrected chi connectivity index (χ0v) is 14.9. The van der Waals surface area contributed by atoms with Crippen molar-refractivity contribution < 1.29 is 14.1 Å². The topological polar surface area (TPSA) is 79.5 Å². The van der Waals surface area contributed by atoms with Crippen LogP contribution in [0.1, 0.15) is 31.1 Å². The summed E-state index contributed by atoms with van der Waals surface area (Å²) < 4.78 is 5.13. The van der Waals surface area contributed by atoms with Gasteiger partial charge in [0.1, 0.15) is 19.1 Å². The van der Waals surface area contributed by atoms with Crippen molar-refractivity contribution in [2.75, 3.05) is 6.54 Å². The largest absolute Gasteiger partial charge is 0.337 e. The summed E-state index contributed by atoms with van der Waals surface area (Å²) in [5.41, 5.74) is 0.815. The van der Waals surface area contributed by atoms with Gasteiger partial charge in [-0.25, -0.2) is 0 Å². The number of aryl methyl sites for hydroxylation is 1.